The second-order valence-electron chi connectivity index (χ2n) is 4.77. The fourth-order valence-electron chi connectivity index (χ4n) is 2.24. The van der Waals surface area contributed by atoms with Crippen molar-refractivity contribution in [2.24, 2.45) is 0 Å². The molecule has 0 fully saturated rings. The third-order valence-electron chi connectivity index (χ3n) is 3.32. The zero-order valence-electron chi connectivity index (χ0n) is 11.3. The Bertz CT molecular complexity index is 601. The van der Waals surface area contributed by atoms with Crippen molar-refractivity contribution in [2.75, 3.05) is 0 Å². The summed E-state index contributed by atoms with van der Waals surface area (Å²) in [6, 6.07) is 14.2. The second kappa shape index (κ2) is 6.95. The van der Waals surface area contributed by atoms with Crippen LogP contribution in [0.4, 0.5) is 0 Å². The summed E-state index contributed by atoms with van der Waals surface area (Å²) in [6.45, 7) is 4.22. The quantitative estimate of drug-likeness (QED) is 0.676. The molecule has 2 aromatic carbocycles. The average Bonchev–Trinajstić information content (AvgIpc) is 2.42. The van der Waals surface area contributed by atoms with Crippen molar-refractivity contribution in [3.05, 3.63) is 68.1 Å². The van der Waals surface area contributed by atoms with Gasteiger partial charge in [0.15, 0.2) is 0 Å². The maximum Gasteiger partial charge on any atom is 0.0639 e. The predicted molar refractivity (Wildman–Crippen MR) is 90.6 cm³/mol. The zero-order valence-corrected chi connectivity index (χ0v) is 14.4. The molecule has 0 bridgehead atoms. The number of halogens is 3. The lowest BCUT2D eigenvalue weighted by Crippen LogP contribution is -2.23. The monoisotopic (exact) mass is 371 g/mol. The molecule has 20 heavy (non-hydrogen) atoms. The highest BCUT2D eigenvalue weighted by atomic mass is 79.9. The van der Waals surface area contributed by atoms with E-state index in [-0.39, 0.29) is 12.1 Å². The van der Waals surface area contributed by atoms with Gasteiger partial charge in [0.25, 0.3) is 0 Å². The van der Waals surface area contributed by atoms with Gasteiger partial charge in [0.2, 0.25) is 0 Å². The fraction of sp³-hybridized carbons (Fsp3) is 0.250. The van der Waals surface area contributed by atoms with Crippen LogP contribution in [-0.4, -0.2) is 0 Å². The molecule has 1 N–H and O–H groups in total. The summed E-state index contributed by atoms with van der Waals surface area (Å²) in [5.41, 5.74) is 2.23. The SMILES string of the molecule is CC(NC(C)c1cccc(Cl)c1Cl)c1ccccc1Br. The van der Waals surface area contributed by atoms with Gasteiger partial charge in [-0.15, -0.1) is 0 Å². The number of nitrogens with one attached hydrogen (secondary N) is 1. The van der Waals surface area contributed by atoms with Crippen molar-refractivity contribution in [1.82, 2.24) is 5.32 Å². The van der Waals surface area contributed by atoms with Gasteiger partial charge in [0.05, 0.1) is 10.0 Å². The number of hydrogen-bond donors (Lipinski definition) is 1. The third-order valence-corrected chi connectivity index (χ3v) is 4.88. The highest BCUT2D eigenvalue weighted by Gasteiger charge is 2.16. The van der Waals surface area contributed by atoms with E-state index < -0.39 is 0 Å². The smallest absolute Gasteiger partial charge is 0.0639 e. The third kappa shape index (κ3) is 3.56. The molecule has 0 saturated carbocycles. The van der Waals surface area contributed by atoms with Crippen LogP contribution >= 0.6 is 39.1 Å². The number of hydrogen-bond acceptors (Lipinski definition) is 1. The molecule has 0 radical (unpaired) electrons. The largest absolute Gasteiger partial charge is 0.304 e. The molecule has 2 atom stereocenters. The maximum absolute atomic E-state index is 6.27. The van der Waals surface area contributed by atoms with Crippen LogP contribution in [0.2, 0.25) is 10.0 Å². The molecule has 0 saturated heterocycles. The summed E-state index contributed by atoms with van der Waals surface area (Å²) in [6.07, 6.45) is 0. The predicted octanol–water partition coefficient (Wildman–Crippen LogP) is 6.17. The molecule has 1 nitrogen and oxygen atoms in total. The highest BCUT2D eigenvalue weighted by molar-refractivity contribution is 9.10. The van der Waals surface area contributed by atoms with Gasteiger partial charge in [-0.2, -0.15) is 0 Å². The lowest BCUT2D eigenvalue weighted by atomic mass is 10.0. The van der Waals surface area contributed by atoms with Crippen LogP contribution in [0, 0.1) is 0 Å². The van der Waals surface area contributed by atoms with Crippen molar-refractivity contribution in [3.63, 3.8) is 0 Å². The van der Waals surface area contributed by atoms with Crippen molar-refractivity contribution in [1.29, 1.82) is 0 Å². The molecular formula is C16H16BrCl2N. The zero-order chi connectivity index (χ0) is 14.7. The first-order valence-corrected chi connectivity index (χ1v) is 8.00. The Morgan fingerprint density at radius 3 is 2.20 bits per heavy atom. The van der Waals surface area contributed by atoms with Crippen LogP contribution in [0.3, 0.4) is 0 Å². The average molecular weight is 373 g/mol. The maximum atomic E-state index is 6.27. The van der Waals surface area contributed by atoms with E-state index in [0.717, 1.165) is 10.0 Å². The minimum atomic E-state index is 0.114. The van der Waals surface area contributed by atoms with Crippen LogP contribution in [0.25, 0.3) is 0 Å². The first-order chi connectivity index (χ1) is 9.50. The van der Waals surface area contributed by atoms with E-state index in [1.807, 2.05) is 30.3 Å². The molecule has 0 amide bonds. The van der Waals surface area contributed by atoms with Gasteiger partial charge in [0.1, 0.15) is 0 Å². The molecule has 0 heterocycles. The summed E-state index contributed by atoms with van der Waals surface area (Å²) < 4.78 is 1.10. The van der Waals surface area contributed by atoms with Crippen LogP contribution in [0.15, 0.2) is 46.9 Å². The van der Waals surface area contributed by atoms with Crippen LogP contribution in [0.1, 0.15) is 37.1 Å². The Hall–Kier alpha value is -0.540. The first kappa shape index (κ1) is 15.8. The van der Waals surface area contributed by atoms with Crippen LogP contribution in [0.5, 0.6) is 0 Å². The van der Waals surface area contributed by atoms with Gasteiger partial charge in [-0.1, -0.05) is 69.5 Å². The van der Waals surface area contributed by atoms with E-state index in [0.29, 0.717) is 10.0 Å². The fourth-order valence-corrected chi connectivity index (χ4v) is 3.34. The van der Waals surface area contributed by atoms with Crippen molar-refractivity contribution in [3.8, 4) is 0 Å². The molecule has 0 aliphatic carbocycles. The number of rotatable bonds is 4. The van der Waals surface area contributed by atoms with Gasteiger partial charge >= 0.3 is 0 Å². The van der Waals surface area contributed by atoms with Crippen molar-refractivity contribution >= 4 is 39.1 Å². The topological polar surface area (TPSA) is 12.0 Å². The van der Waals surface area contributed by atoms with E-state index in [2.05, 4.69) is 41.2 Å². The van der Waals surface area contributed by atoms with Crippen molar-refractivity contribution in [2.45, 2.75) is 25.9 Å². The molecule has 2 aromatic rings. The molecule has 106 valence electrons. The Morgan fingerprint density at radius 2 is 1.50 bits per heavy atom. The molecule has 0 aliphatic rings. The van der Waals surface area contributed by atoms with E-state index in [9.17, 15) is 0 Å². The van der Waals surface area contributed by atoms with E-state index in [4.69, 9.17) is 23.2 Å². The molecular weight excluding hydrogens is 357 g/mol. The Balaban J connectivity index is 2.17. The van der Waals surface area contributed by atoms with Gasteiger partial charge in [-0.3, -0.25) is 0 Å². The van der Waals surface area contributed by atoms with Gasteiger partial charge < -0.3 is 5.32 Å². The van der Waals surface area contributed by atoms with E-state index in [1.165, 1.54) is 5.56 Å². The standard InChI is InChI=1S/C16H16BrCl2N/c1-10(12-6-3-4-8-14(12)17)20-11(2)13-7-5-9-15(18)16(13)19/h3-11,20H,1-2H3. The summed E-state index contributed by atoms with van der Waals surface area (Å²) >= 11 is 15.9. The normalized spacial score (nSPS) is 14.1. The van der Waals surface area contributed by atoms with Gasteiger partial charge in [0, 0.05) is 16.6 Å². The van der Waals surface area contributed by atoms with E-state index >= 15 is 0 Å². The molecule has 0 aliphatic heterocycles. The highest BCUT2D eigenvalue weighted by Crippen LogP contribution is 2.32. The Kier molecular flexibility index (Phi) is 5.50. The van der Waals surface area contributed by atoms with Gasteiger partial charge in [-0.25, -0.2) is 0 Å². The Morgan fingerprint density at radius 1 is 0.900 bits per heavy atom. The minimum Gasteiger partial charge on any atom is -0.304 e. The molecule has 0 aromatic heterocycles. The molecule has 2 rings (SSSR count). The molecule has 4 heteroatoms. The number of benzene rings is 2. The van der Waals surface area contributed by atoms with Crippen LogP contribution < -0.4 is 5.32 Å². The first-order valence-electron chi connectivity index (χ1n) is 6.45. The summed E-state index contributed by atoms with van der Waals surface area (Å²) in [4.78, 5) is 0. The van der Waals surface area contributed by atoms with E-state index in [1.54, 1.807) is 6.07 Å². The lowest BCUT2D eigenvalue weighted by molar-refractivity contribution is 0.493. The molecule has 2 unspecified atom stereocenters. The Labute approximate surface area is 138 Å². The lowest BCUT2D eigenvalue weighted by Gasteiger charge is -2.22. The second-order valence-corrected chi connectivity index (χ2v) is 6.41. The minimum absolute atomic E-state index is 0.114. The van der Waals surface area contributed by atoms with Gasteiger partial charge in [-0.05, 0) is 37.1 Å². The van der Waals surface area contributed by atoms with Crippen LogP contribution in [-0.2, 0) is 0 Å². The summed E-state index contributed by atoms with van der Waals surface area (Å²) in [5, 5.41) is 4.76. The summed E-state index contributed by atoms with van der Waals surface area (Å²) in [5.74, 6) is 0. The summed E-state index contributed by atoms with van der Waals surface area (Å²) in [7, 11) is 0. The molecule has 0 spiro atoms. The van der Waals surface area contributed by atoms with Crippen molar-refractivity contribution < 1.29 is 0 Å².